The second-order valence-electron chi connectivity index (χ2n) is 4.17. The number of nitrogens with two attached hydrogens (primary N) is 1. The highest BCUT2D eigenvalue weighted by Crippen LogP contribution is 2.18. The predicted octanol–water partition coefficient (Wildman–Crippen LogP) is -0.127. The topological polar surface area (TPSA) is 120 Å². The van der Waals surface area contributed by atoms with Crippen LogP contribution in [0.15, 0.2) is 35.5 Å². The molecule has 0 radical (unpaired) electrons. The Morgan fingerprint density at radius 2 is 2.20 bits per heavy atom. The minimum Gasteiger partial charge on any atom is -0.324 e. The average molecular weight is 295 g/mol. The van der Waals surface area contributed by atoms with Crippen LogP contribution in [0.2, 0.25) is 0 Å². The minimum atomic E-state index is -3.75. The van der Waals surface area contributed by atoms with Gasteiger partial charge in [-0.25, -0.2) is 18.2 Å². The maximum absolute atomic E-state index is 11.8. The molecule has 9 heteroatoms. The van der Waals surface area contributed by atoms with Crippen LogP contribution in [-0.4, -0.2) is 29.3 Å². The summed E-state index contributed by atoms with van der Waals surface area (Å²) in [5.74, 6) is -0.290. The van der Waals surface area contributed by atoms with Crippen LogP contribution < -0.4 is 10.5 Å². The van der Waals surface area contributed by atoms with Gasteiger partial charge in [-0.3, -0.25) is 4.79 Å². The van der Waals surface area contributed by atoms with Crippen molar-refractivity contribution in [3.05, 3.63) is 36.2 Å². The maximum atomic E-state index is 11.8. The van der Waals surface area contributed by atoms with Gasteiger partial charge in [-0.05, 0) is 30.7 Å². The number of anilines is 1. The number of sulfonamides is 1. The zero-order valence-corrected chi connectivity index (χ0v) is 11.5. The third-order valence-electron chi connectivity index (χ3n) is 2.58. The zero-order valence-electron chi connectivity index (χ0n) is 10.6. The quantitative estimate of drug-likeness (QED) is 0.814. The largest absolute Gasteiger partial charge is 0.324 e. The molecule has 2 rings (SSSR count). The van der Waals surface area contributed by atoms with Crippen molar-refractivity contribution < 1.29 is 13.2 Å². The summed E-state index contributed by atoms with van der Waals surface area (Å²) in [7, 11) is -3.75. The zero-order chi connectivity index (χ0) is 14.8. The van der Waals surface area contributed by atoms with Gasteiger partial charge in [0.05, 0.1) is 11.1 Å². The molecule has 20 heavy (non-hydrogen) atoms. The van der Waals surface area contributed by atoms with Crippen molar-refractivity contribution in [2.75, 3.05) is 5.32 Å². The molecule has 0 aliphatic heterocycles. The van der Waals surface area contributed by atoms with Crippen LogP contribution in [0.3, 0.4) is 0 Å². The second kappa shape index (κ2) is 5.39. The van der Waals surface area contributed by atoms with Crippen molar-refractivity contribution in [2.45, 2.75) is 18.4 Å². The van der Waals surface area contributed by atoms with Crippen LogP contribution in [0, 0.1) is 6.92 Å². The van der Waals surface area contributed by atoms with Crippen LogP contribution in [0.1, 0.15) is 5.56 Å². The van der Waals surface area contributed by atoms with E-state index in [0.717, 1.165) is 0 Å². The predicted molar refractivity (Wildman–Crippen MR) is 71.2 cm³/mol. The first kappa shape index (κ1) is 14.2. The monoisotopic (exact) mass is 295 g/mol. The molecule has 0 aliphatic rings. The van der Waals surface area contributed by atoms with E-state index in [4.69, 9.17) is 5.14 Å². The molecule has 8 nitrogen and oxygen atoms in total. The first-order valence-corrected chi connectivity index (χ1v) is 7.18. The van der Waals surface area contributed by atoms with Gasteiger partial charge in [-0.1, -0.05) is 5.21 Å². The molecule has 1 aromatic heterocycles. The number of nitrogens with zero attached hydrogens (tertiary/aromatic N) is 3. The fourth-order valence-electron chi connectivity index (χ4n) is 1.61. The standard InChI is InChI=1S/C11H13N5O3S/c1-8-6-9(20(12,18)19)2-3-10(8)14-11(17)7-16-5-4-13-15-16/h2-6H,7H2,1H3,(H,14,17)(H2,12,18,19). The van der Waals surface area contributed by atoms with Gasteiger partial charge in [0.25, 0.3) is 0 Å². The summed E-state index contributed by atoms with van der Waals surface area (Å²) < 4.78 is 23.8. The Morgan fingerprint density at radius 1 is 1.45 bits per heavy atom. The summed E-state index contributed by atoms with van der Waals surface area (Å²) in [4.78, 5) is 11.8. The summed E-state index contributed by atoms with van der Waals surface area (Å²) in [5, 5.41) is 15.0. The molecule has 0 bridgehead atoms. The van der Waals surface area contributed by atoms with E-state index in [1.54, 1.807) is 13.1 Å². The first-order chi connectivity index (χ1) is 9.36. The van der Waals surface area contributed by atoms with E-state index in [2.05, 4.69) is 15.6 Å². The molecule has 1 amide bonds. The van der Waals surface area contributed by atoms with Gasteiger partial charge in [0, 0.05) is 11.9 Å². The number of amides is 1. The minimum absolute atomic E-state index is 0.00396. The van der Waals surface area contributed by atoms with E-state index >= 15 is 0 Å². The van der Waals surface area contributed by atoms with Crippen molar-refractivity contribution in [3.63, 3.8) is 0 Å². The summed E-state index contributed by atoms with van der Waals surface area (Å²) >= 11 is 0. The molecule has 0 saturated heterocycles. The fraction of sp³-hybridized carbons (Fsp3) is 0.182. The number of benzene rings is 1. The van der Waals surface area contributed by atoms with Gasteiger partial charge in [-0.2, -0.15) is 0 Å². The number of hydrogen-bond donors (Lipinski definition) is 2. The van der Waals surface area contributed by atoms with Gasteiger partial charge < -0.3 is 5.32 Å². The van der Waals surface area contributed by atoms with Crippen LogP contribution in [0.5, 0.6) is 0 Å². The van der Waals surface area contributed by atoms with E-state index in [1.165, 1.54) is 29.1 Å². The van der Waals surface area contributed by atoms with E-state index in [9.17, 15) is 13.2 Å². The molecule has 0 aliphatic carbocycles. The summed E-state index contributed by atoms with van der Waals surface area (Å²) in [6, 6.07) is 4.24. The summed E-state index contributed by atoms with van der Waals surface area (Å²) in [6.45, 7) is 1.70. The number of aryl methyl sites for hydroxylation is 1. The Morgan fingerprint density at radius 3 is 2.75 bits per heavy atom. The van der Waals surface area contributed by atoms with Crippen LogP contribution in [0.4, 0.5) is 5.69 Å². The second-order valence-corrected chi connectivity index (χ2v) is 5.73. The fourth-order valence-corrected chi connectivity index (χ4v) is 2.21. The Labute approximate surface area is 115 Å². The van der Waals surface area contributed by atoms with E-state index in [-0.39, 0.29) is 17.3 Å². The normalized spacial score (nSPS) is 11.3. The van der Waals surface area contributed by atoms with E-state index in [0.29, 0.717) is 11.3 Å². The Bertz CT molecular complexity index is 725. The molecule has 106 valence electrons. The molecule has 3 N–H and O–H groups in total. The smallest absolute Gasteiger partial charge is 0.246 e. The third-order valence-corrected chi connectivity index (χ3v) is 3.49. The first-order valence-electron chi connectivity index (χ1n) is 5.63. The summed E-state index contributed by atoms with van der Waals surface area (Å²) in [6.07, 6.45) is 3.04. The molecular formula is C11H13N5O3S. The van der Waals surface area contributed by atoms with Gasteiger partial charge in [-0.15, -0.1) is 5.10 Å². The number of hydrogen-bond acceptors (Lipinski definition) is 5. The highest BCUT2D eigenvalue weighted by atomic mass is 32.2. The Kier molecular flexibility index (Phi) is 3.81. The highest BCUT2D eigenvalue weighted by Gasteiger charge is 2.11. The number of carbonyl (C=O) groups is 1. The molecule has 0 fully saturated rings. The third kappa shape index (κ3) is 3.39. The van der Waals surface area contributed by atoms with Gasteiger partial charge in [0.15, 0.2) is 0 Å². The molecule has 0 saturated carbocycles. The van der Waals surface area contributed by atoms with Crippen molar-refractivity contribution >= 4 is 21.6 Å². The van der Waals surface area contributed by atoms with Crippen molar-refractivity contribution in [1.29, 1.82) is 0 Å². The average Bonchev–Trinajstić information content (AvgIpc) is 2.83. The van der Waals surface area contributed by atoms with Crippen molar-refractivity contribution in [2.24, 2.45) is 5.14 Å². The van der Waals surface area contributed by atoms with Crippen LogP contribution >= 0.6 is 0 Å². The van der Waals surface area contributed by atoms with Crippen LogP contribution in [0.25, 0.3) is 0 Å². The lowest BCUT2D eigenvalue weighted by Crippen LogP contribution is -2.20. The molecule has 0 unspecified atom stereocenters. The van der Waals surface area contributed by atoms with Gasteiger partial charge in [0.1, 0.15) is 6.54 Å². The molecule has 0 atom stereocenters. The van der Waals surface area contributed by atoms with E-state index in [1.807, 2.05) is 0 Å². The lowest BCUT2D eigenvalue weighted by atomic mass is 10.2. The molecule has 1 heterocycles. The van der Waals surface area contributed by atoms with Gasteiger partial charge >= 0.3 is 0 Å². The Balaban J connectivity index is 2.12. The number of carbonyl (C=O) groups excluding carboxylic acids is 1. The van der Waals surface area contributed by atoms with Crippen LogP contribution in [-0.2, 0) is 21.4 Å². The van der Waals surface area contributed by atoms with Gasteiger partial charge in [0.2, 0.25) is 15.9 Å². The van der Waals surface area contributed by atoms with E-state index < -0.39 is 10.0 Å². The van der Waals surface area contributed by atoms with Crippen molar-refractivity contribution in [1.82, 2.24) is 15.0 Å². The van der Waals surface area contributed by atoms with Crippen molar-refractivity contribution in [3.8, 4) is 0 Å². The highest BCUT2D eigenvalue weighted by molar-refractivity contribution is 7.89. The molecule has 1 aromatic carbocycles. The SMILES string of the molecule is Cc1cc(S(N)(=O)=O)ccc1NC(=O)Cn1ccnn1. The Hall–Kier alpha value is -2.26. The molecule has 2 aromatic rings. The summed E-state index contributed by atoms with van der Waals surface area (Å²) in [5.41, 5.74) is 1.12. The molecule has 0 spiro atoms. The number of nitrogens with one attached hydrogen (secondary N) is 1. The molecular weight excluding hydrogens is 282 g/mol. The lowest BCUT2D eigenvalue weighted by Gasteiger charge is -2.09. The number of rotatable bonds is 4. The number of aromatic nitrogens is 3. The lowest BCUT2D eigenvalue weighted by molar-refractivity contribution is -0.116. The number of primary sulfonamides is 1. The maximum Gasteiger partial charge on any atom is 0.246 e.